The highest BCUT2D eigenvalue weighted by atomic mass is 32.2. The van der Waals surface area contributed by atoms with Crippen molar-refractivity contribution in [3.63, 3.8) is 0 Å². The monoisotopic (exact) mass is 455 g/mol. The molecule has 0 spiro atoms. The van der Waals surface area contributed by atoms with E-state index in [9.17, 15) is 4.79 Å². The van der Waals surface area contributed by atoms with Gasteiger partial charge in [0.05, 0.1) is 16.3 Å². The Bertz CT molecular complexity index is 1160. The summed E-state index contributed by atoms with van der Waals surface area (Å²) in [5.41, 5.74) is 4.41. The number of thioether (sulfide) groups is 1. The van der Waals surface area contributed by atoms with Crippen molar-refractivity contribution >= 4 is 45.5 Å². The van der Waals surface area contributed by atoms with Crippen LogP contribution in [0.4, 0.5) is 5.13 Å². The zero-order chi connectivity index (χ0) is 21.1. The van der Waals surface area contributed by atoms with Gasteiger partial charge in [0, 0.05) is 17.5 Å². The van der Waals surface area contributed by atoms with Crippen LogP contribution in [-0.2, 0) is 11.3 Å². The van der Waals surface area contributed by atoms with Gasteiger partial charge in [0.15, 0.2) is 16.1 Å². The topological polar surface area (TPSA) is 72.7 Å². The van der Waals surface area contributed by atoms with Gasteiger partial charge < -0.3 is 9.88 Å². The SMILES string of the molecule is CCn1c(SCC(=O)Nc2nc(-c3ccc(C)c(C)c3)cs2)nnc1-c1cccs1. The minimum absolute atomic E-state index is 0.107. The standard InChI is InChI=1S/C21H21N5OS3/c1-4-26-19(17-6-5-9-28-17)24-25-21(26)30-12-18(27)23-20-22-16(11-29-20)15-8-7-13(2)14(3)10-15/h5-11H,4,12H2,1-3H3,(H,22,23,27). The molecule has 0 bridgehead atoms. The van der Waals surface area contributed by atoms with Gasteiger partial charge >= 0.3 is 0 Å². The number of thiophene rings is 1. The first-order chi connectivity index (χ1) is 14.5. The van der Waals surface area contributed by atoms with E-state index < -0.39 is 0 Å². The molecule has 0 saturated carbocycles. The van der Waals surface area contributed by atoms with Crippen molar-refractivity contribution < 1.29 is 4.79 Å². The van der Waals surface area contributed by atoms with Gasteiger partial charge in [0.1, 0.15) is 0 Å². The van der Waals surface area contributed by atoms with Crippen molar-refractivity contribution in [2.45, 2.75) is 32.5 Å². The van der Waals surface area contributed by atoms with E-state index in [0.29, 0.717) is 5.13 Å². The summed E-state index contributed by atoms with van der Waals surface area (Å²) in [5, 5.41) is 16.8. The van der Waals surface area contributed by atoms with E-state index in [1.807, 2.05) is 27.5 Å². The lowest BCUT2D eigenvalue weighted by Gasteiger charge is -2.06. The zero-order valence-corrected chi connectivity index (χ0v) is 19.3. The second-order valence-corrected chi connectivity index (χ2v) is 9.45. The van der Waals surface area contributed by atoms with Crippen LogP contribution in [0.15, 0.2) is 46.2 Å². The van der Waals surface area contributed by atoms with Crippen molar-refractivity contribution in [3.8, 4) is 22.0 Å². The molecule has 0 fully saturated rings. The van der Waals surface area contributed by atoms with E-state index in [1.165, 1.54) is 34.2 Å². The Hall–Kier alpha value is -2.49. The number of hydrogen-bond acceptors (Lipinski definition) is 7. The highest BCUT2D eigenvalue weighted by molar-refractivity contribution is 7.99. The van der Waals surface area contributed by atoms with Crippen LogP contribution in [0.25, 0.3) is 22.0 Å². The summed E-state index contributed by atoms with van der Waals surface area (Å²) in [4.78, 5) is 18.1. The third-order valence-electron chi connectivity index (χ3n) is 4.66. The molecule has 30 heavy (non-hydrogen) atoms. The Kier molecular flexibility index (Phi) is 6.31. The second-order valence-electron chi connectivity index (χ2n) is 6.70. The molecule has 1 amide bonds. The molecule has 3 aromatic heterocycles. The van der Waals surface area contributed by atoms with Crippen LogP contribution in [-0.4, -0.2) is 31.4 Å². The lowest BCUT2D eigenvalue weighted by atomic mass is 10.1. The summed E-state index contributed by atoms with van der Waals surface area (Å²) >= 11 is 4.44. The molecule has 0 aliphatic carbocycles. The molecule has 0 atom stereocenters. The van der Waals surface area contributed by atoms with Gasteiger partial charge in [-0.15, -0.1) is 32.9 Å². The normalized spacial score (nSPS) is 11.0. The maximum absolute atomic E-state index is 12.4. The number of benzene rings is 1. The fourth-order valence-electron chi connectivity index (χ4n) is 2.92. The minimum Gasteiger partial charge on any atom is -0.302 e. The van der Waals surface area contributed by atoms with Crippen molar-refractivity contribution in [2.75, 3.05) is 11.1 Å². The molecule has 0 radical (unpaired) electrons. The van der Waals surface area contributed by atoms with E-state index in [1.54, 1.807) is 11.3 Å². The number of nitrogens with zero attached hydrogens (tertiary/aromatic N) is 4. The number of hydrogen-bond donors (Lipinski definition) is 1. The molecule has 3 heterocycles. The molecular formula is C21H21N5OS3. The number of rotatable bonds is 7. The van der Waals surface area contributed by atoms with E-state index in [2.05, 4.69) is 59.5 Å². The molecule has 6 nitrogen and oxygen atoms in total. The van der Waals surface area contributed by atoms with Crippen LogP contribution in [0.3, 0.4) is 0 Å². The molecule has 4 aromatic rings. The van der Waals surface area contributed by atoms with Gasteiger partial charge in [-0.2, -0.15) is 0 Å². The Balaban J connectivity index is 1.39. The quantitative estimate of drug-likeness (QED) is 0.373. The average Bonchev–Trinajstić information content (AvgIpc) is 3.48. The number of aromatic nitrogens is 4. The van der Waals surface area contributed by atoms with Crippen molar-refractivity contribution in [1.29, 1.82) is 0 Å². The fraction of sp³-hybridized carbons (Fsp3) is 0.238. The van der Waals surface area contributed by atoms with Crippen molar-refractivity contribution in [1.82, 2.24) is 19.7 Å². The summed E-state index contributed by atoms with van der Waals surface area (Å²) < 4.78 is 2.03. The third kappa shape index (κ3) is 4.48. The number of aryl methyl sites for hydroxylation is 2. The van der Waals surface area contributed by atoms with E-state index in [-0.39, 0.29) is 11.7 Å². The Morgan fingerprint density at radius 1 is 1.17 bits per heavy atom. The van der Waals surface area contributed by atoms with Crippen molar-refractivity contribution in [3.05, 3.63) is 52.2 Å². The molecule has 1 N–H and O–H groups in total. The Morgan fingerprint density at radius 2 is 2.03 bits per heavy atom. The lowest BCUT2D eigenvalue weighted by molar-refractivity contribution is -0.113. The van der Waals surface area contributed by atoms with E-state index in [0.717, 1.165) is 33.7 Å². The summed E-state index contributed by atoms with van der Waals surface area (Å²) in [5.74, 6) is 0.985. The van der Waals surface area contributed by atoms with Gasteiger partial charge in [-0.05, 0) is 49.4 Å². The van der Waals surface area contributed by atoms with Crippen LogP contribution in [0.1, 0.15) is 18.1 Å². The first-order valence-corrected chi connectivity index (χ1v) is 12.2. The summed E-state index contributed by atoms with van der Waals surface area (Å²) in [6, 6.07) is 10.3. The van der Waals surface area contributed by atoms with Gasteiger partial charge in [-0.1, -0.05) is 30.0 Å². The molecule has 1 aromatic carbocycles. The van der Waals surface area contributed by atoms with E-state index in [4.69, 9.17) is 0 Å². The van der Waals surface area contributed by atoms with Crippen LogP contribution < -0.4 is 5.32 Å². The molecule has 9 heteroatoms. The van der Waals surface area contributed by atoms with Crippen LogP contribution >= 0.6 is 34.4 Å². The predicted molar refractivity (Wildman–Crippen MR) is 125 cm³/mol. The summed E-state index contributed by atoms with van der Waals surface area (Å²) in [6.07, 6.45) is 0. The molecule has 0 unspecified atom stereocenters. The highest BCUT2D eigenvalue weighted by Gasteiger charge is 2.16. The first kappa shape index (κ1) is 20.8. The largest absolute Gasteiger partial charge is 0.302 e. The number of anilines is 1. The van der Waals surface area contributed by atoms with Crippen LogP contribution in [0, 0.1) is 13.8 Å². The van der Waals surface area contributed by atoms with Gasteiger partial charge in [0.25, 0.3) is 0 Å². The fourth-order valence-corrected chi connectivity index (χ4v) is 5.17. The van der Waals surface area contributed by atoms with E-state index >= 15 is 0 Å². The number of carbonyl (C=O) groups excluding carboxylic acids is 1. The van der Waals surface area contributed by atoms with Gasteiger partial charge in [-0.25, -0.2) is 4.98 Å². The predicted octanol–water partition coefficient (Wildman–Crippen LogP) is 5.50. The van der Waals surface area contributed by atoms with Crippen LogP contribution in [0.5, 0.6) is 0 Å². The maximum atomic E-state index is 12.4. The summed E-state index contributed by atoms with van der Waals surface area (Å²) in [6.45, 7) is 6.97. The Labute approximate surface area is 187 Å². The lowest BCUT2D eigenvalue weighted by Crippen LogP contribution is -2.14. The molecule has 0 saturated heterocycles. The summed E-state index contributed by atoms with van der Waals surface area (Å²) in [7, 11) is 0. The molecule has 0 aliphatic rings. The first-order valence-electron chi connectivity index (χ1n) is 9.48. The maximum Gasteiger partial charge on any atom is 0.236 e. The second kappa shape index (κ2) is 9.11. The smallest absolute Gasteiger partial charge is 0.236 e. The molecule has 4 rings (SSSR count). The number of nitrogens with one attached hydrogen (secondary N) is 1. The van der Waals surface area contributed by atoms with Gasteiger partial charge in [-0.3, -0.25) is 4.79 Å². The zero-order valence-electron chi connectivity index (χ0n) is 16.9. The average molecular weight is 456 g/mol. The number of thiazole rings is 1. The van der Waals surface area contributed by atoms with Crippen molar-refractivity contribution in [2.24, 2.45) is 0 Å². The molecular weight excluding hydrogens is 434 g/mol. The number of amides is 1. The molecule has 0 aliphatic heterocycles. The minimum atomic E-state index is -0.107. The Morgan fingerprint density at radius 3 is 2.77 bits per heavy atom. The highest BCUT2D eigenvalue weighted by Crippen LogP contribution is 2.28. The van der Waals surface area contributed by atoms with Crippen LogP contribution in [0.2, 0.25) is 0 Å². The third-order valence-corrected chi connectivity index (χ3v) is 7.25. The van der Waals surface area contributed by atoms with Gasteiger partial charge in [0.2, 0.25) is 5.91 Å². The number of carbonyl (C=O) groups is 1. The molecule has 154 valence electrons.